The number of aromatic nitrogens is 2. The maximum atomic E-state index is 5.69. The fraction of sp³-hybridized carbons (Fsp3) is 0.769. The first-order valence-corrected chi connectivity index (χ1v) is 6.54. The molecule has 4 nitrogen and oxygen atoms in total. The van der Waals surface area contributed by atoms with Gasteiger partial charge < -0.3 is 4.57 Å². The Balaban J connectivity index is 2.01. The van der Waals surface area contributed by atoms with Crippen molar-refractivity contribution in [1.82, 2.24) is 15.0 Å². The Morgan fingerprint density at radius 2 is 2.35 bits per heavy atom. The summed E-state index contributed by atoms with van der Waals surface area (Å²) in [5.74, 6) is 7.52. The molecule has 2 rings (SSSR count). The van der Waals surface area contributed by atoms with Crippen LogP contribution < -0.4 is 11.3 Å². The zero-order valence-electron chi connectivity index (χ0n) is 11.1. The Kier molecular flexibility index (Phi) is 3.54. The largest absolute Gasteiger partial charge is 0.335 e. The smallest absolute Gasteiger partial charge is 0.110 e. The van der Waals surface area contributed by atoms with E-state index >= 15 is 0 Å². The average Bonchev–Trinajstić information content (AvgIpc) is 2.72. The lowest BCUT2D eigenvalue weighted by Crippen LogP contribution is -2.40. The molecular weight excluding hydrogens is 212 g/mol. The summed E-state index contributed by atoms with van der Waals surface area (Å²) in [4.78, 5) is 4.45. The van der Waals surface area contributed by atoms with Crippen LogP contribution in [-0.2, 0) is 13.0 Å². The van der Waals surface area contributed by atoms with Gasteiger partial charge in [-0.1, -0.05) is 20.8 Å². The fourth-order valence-electron chi connectivity index (χ4n) is 2.68. The molecule has 0 saturated heterocycles. The fourth-order valence-corrected chi connectivity index (χ4v) is 2.68. The van der Waals surface area contributed by atoms with E-state index in [-0.39, 0.29) is 0 Å². The van der Waals surface area contributed by atoms with E-state index in [9.17, 15) is 0 Å². The van der Waals surface area contributed by atoms with Crippen molar-refractivity contribution in [3.8, 4) is 0 Å². The standard InChI is InChI=1S/C13H24N4/c1-4-6-17-7-5-15-12(17)8-11(16-14)10-9-13(10,2)3/h5,7,10-11,16H,4,6,8-9,14H2,1-3H3. The third kappa shape index (κ3) is 2.69. The number of hydrogen-bond donors (Lipinski definition) is 2. The molecule has 1 heterocycles. The van der Waals surface area contributed by atoms with Crippen LogP contribution in [0.25, 0.3) is 0 Å². The van der Waals surface area contributed by atoms with Crippen LogP contribution in [0, 0.1) is 11.3 Å². The van der Waals surface area contributed by atoms with Crippen LogP contribution in [0.2, 0.25) is 0 Å². The molecule has 0 spiro atoms. The first-order chi connectivity index (χ1) is 8.08. The van der Waals surface area contributed by atoms with Gasteiger partial charge in [-0.3, -0.25) is 11.3 Å². The highest BCUT2D eigenvalue weighted by Gasteiger charge is 2.49. The molecule has 2 atom stereocenters. The van der Waals surface area contributed by atoms with Gasteiger partial charge in [-0.25, -0.2) is 4.98 Å². The van der Waals surface area contributed by atoms with Gasteiger partial charge >= 0.3 is 0 Å². The molecule has 3 N–H and O–H groups in total. The van der Waals surface area contributed by atoms with Crippen molar-refractivity contribution < 1.29 is 0 Å². The van der Waals surface area contributed by atoms with E-state index in [0.717, 1.165) is 25.2 Å². The monoisotopic (exact) mass is 236 g/mol. The summed E-state index contributed by atoms with van der Waals surface area (Å²) in [6.07, 6.45) is 7.27. The van der Waals surface area contributed by atoms with E-state index in [1.807, 2.05) is 6.20 Å². The molecule has 0 aliphatic heterocycles. The molecule has 1 aliphatic carbocycles. The summed E-state index contributed by atoms with van der Waals surface area (Å²) in [7, 11) is 0. The predicted octanol–water partition coefficient (Wildman–Crippen LogP) is 1.71. The maximum Gasteiger partial charge on any atom is 0.110 e. The molecule has 0 radical (unpaired) electrons. The number of imidazole rings is 1. The van der Waals surface area contributed by atoms with Crippen molar-refractivity contribution >= 4 is 0 Å². The van der Waals surface area contributed by atoms with Crippen LogP contribution in [-0.4, -0.2) is 15.6 Å². The van der Waals surface area contributed by atoms with Crippen molar-refractivity contribution in [2.75, 3.05) is 0 Å². The van der Waals surface area contributed by atoms with E-state index in [4.69, 9.17) is 5.84 Å². The van der Waals surface area contributed by atoms with E-state index in [1.165, 1.54) is 6.42 Å². The van der Waals surface area contributed by atoms with Crippen molar-refractivity contribution in [2.45, 2.75) is 52.6 Å². The Morgan fingerprint density at radius 1 is 1.65 bits per heavy atom. The van der Waals surface area contributed by atoms with Crippen molar-refractivity contribution in [2.24, 2.45) is 17.2 Å². The van der Waals surface area contributed by atoms with Gasteiger partial charge in [0.2, 0.25) is 0 Å². The number of hydrogen-bond acceptors (Lipinski definition) is 3. The molecule has 1 fully saturated rings. The summed E-state index contributed by atoms with van der Waals surface area (Å²) < 4.78 is 2.24. The number of nitrogens with zero attached hydrogens (tertiary/aromatic N) is 2. The highest BCUT2D eigenvalue weighted by molar-refractivity contribution is 5.05. The van der Waals surface area contributed by atoms with Gasteiger partial charge in [0, 0.05) is 31.4 Å². The molecule has 1 aromatic rings. The van der Waals surface area contributed by atoms with Crippen LogP contribution in [0.4, 0.5) is 0 Å². The summed E-state index contributed by atoms with van der Waals surface area (Å²) in [5.41, 5.74) is 3.42. The Bertz CT molecular complexity index is 369. The van der Waals surface area contributed by atoms with Crippen molar-refractivity contribution in [3.63, 3.8) is 0 Å². The first-order valence-electron chi connectivity index (χ1n) is 6.54. The lowest BCUT2D eigenvalue weighted by Gasteiger charge is -2.18. The molecule has 0 amide bonds. The van der Waals surface area contributed by atoms with Gasteiger partial charge in [0.15, 0.2) is 0 Å². The zero-order chi connectivity index (χ0) is 12.5. The SMILES string of the molecule is CCCn1ccnc1CC(NN)C1CC1(C)C. The maximum absolute atomic E-state index is 5.69. The predicted molar refractivity (Wildman–Crippen MR) is 69.2 cm³/mol. The van der Waals surface area contributed by atoms with Crippen LogP contribution in [0.3, 0.4) is 0 Å². The molecule has 96 valence electrons. The topological polar surface area (TPSA) is 55.9 Å². The molecule has 0 bridgehead atoms. The summed E-state index contributed by atoms with van der Waals surface area (Å²) in [6.45, 7) is 7.84. The molecule has 2 unspecified atom stereocenters. The Hall–Kier alpha value is -0.870. The lowest BCUT2D eigenvalue weighted by molar-refractivity contribution is 0.398. The summed E-state index contributed by atoms with van der Waals surface area (Å²) in [6, 6.07) is 0.350. The number of hydrazine groups is 1. The second-order valence-corrected chi connectivity index (χ2v) is 5.81. The molecule has 17 heavy (non-hydrogen) atoms. The zero-order valence-corrected chi connectivity index (χ0v) is 11.1. The van der Waals surface area contributed by atoms with E-state index in [2.05, 4.69) is 41.9 Å². The number of nitrogens with one attached hydrogen (secondary N) is 1. The average molecular weight is 236 g/mol. The highest BCUT2D eigenvalue weighted by atomic mass is 15.2. The molecule has 1 aromatic heterocycles. The van der Waals surface area contributed by atoms with Crippen LogP contribution in [0.5, 0.6) is 0 Å². The minimum atomic E-state index is 0.350. The van der Waals surface area contributed by atoms with Gasteiger partial charge in [-0.2, -0.15) is 0 Å². The van der Waals surface area contributed by atoms with Gasteiger partial charge in [0.1, 0.15) is 5.82 Å². The van der Waals surface area contributed by atoms with Gasteiger partial charge in [-0.05, 0) is 24.2 Å². The second kappa shape index (κ2) is 4.78. The molecule has 4 heteroatoms. The normalized spacial score (nSPS) is 23.6. The third-order valence-electron chi connectivity index (χ3n) is 3.96. The van der Waals surface area contributed by atoms with Crippen molar-refractivity contribution in [1.29, 1.82) is 0 Å². The lowest BCUT2D eigenvalue weighted by atomic mass is 10.0. The number of nitrogens with two attached hydrogens (primary N) is 1. The van der Waals surface area contributed by atoms with Crippen LogP contribution >= 0.6 is 0 Å². The molecule has 0 aromatic carbocycles. The number of aryl methyl sites for hydroxylation is 1. The van der Waals surface area contributed by atoms with E-state index in [0.29, 0.717) is 17.4 Å². The molecular formula is C13H24N4. The minimum Gasteiger partial charge on any atom is -0.335 e. The number of rotatable bonds is 6. The Labute approximate surface area is 104 Å². The van der Waals surface area contributed by atoms with E-state index in [1.54, 1.807) is 0 Å². The molecule has 1 aliphatic rings. The Morgan fingerprint density at radius 3 is 2.88 bits per heavy atom. The minimum absolute atomic E-state index is 0.350. The first kappa shape index (κ1) is 12.6. The summed E-state index contributed by atoms with van der Waals surface area (Å²) in [5, 5.41) is 0. The van der Waals surface area contributed by atoms with Gasteiger partial charge in [0.05, 0.1) is 0 Å². The highest BCUT2D eigenvalue weighted by Crippen LogP contribution is 2.53. The van der Waals surface area contributed by atoms with Crippen LogP contribution in [0.15, 0.2) is 12.4 Å². The summed E-state index contributed by atoms with van der Waals surface area (Å²) >= 11 is 0. The van der Waals surface area contributed by atoms with Crippen LogP contribution in [0.1, 0.15) is 39.4 Å². The van der Waals surface area contributed by atoms with Crippen molar-refractivity contribution in [3.05, 3.63) is 18.2 Å². The van der Waals surface area contributed by atoms with Gasteiger partial charge in [-0.15, -0.1) is 0 Å². The van der Waals surface area contributed by atoms with Gasteiger partial charge in [0.25, 0.3) is 0 Å². The van der Waals surface area contributed by atoms with E-state index < -0.39 is 0 Å². The second-order valence-electron chi connectivity index (χ2n) is 5.81. The molecule has 1 saturated carbocycles. The quantitative estimate of drug-likeness (QED) is 0.584. The third-order valence-corrected chi connectivity index (χ3v) is 3.96.